The third kappa shape index (κ3) is 2.39. The summed E-state index contributed by atoms with van der Waals surface area (Å²) in [4.78, 5) is 36.7. The molecule has 2 unspecified atom stereocenters. The van der Waals surface area contributed by atoms with E-state index in [1.54, 1.807) is 13.0 Å². The number of aromatic nitrogens is 3. The van der Waals surface area contributed by atoms with Gasteiger partial charge >= 0.3 is 17.1 Å². The van der Waals surface area contributed by atoms with E-state index in [0.717, 1.165) is 13.7 Å². The van der Waals surface area contributed by atoms with E-state index in [-0.39, 0.29) is 25.3 Å². The fraction of sp³-hybridized carbons (Fsp3) is 0.583. The summed E-state index contributed by atoms with van der Waals surface area (Å²) in [6.45, 7) is 3.09. The topological polar surface area (TPSA) is 91.1 Å². The Morgan fingerprint density at radius 2 is 1.45 bits per heavy atom. The molecule has 0 aliphatic carbocycles. The molecule has 2 saturated heterocycles. The molecule has 0 amide bonds. The van der Waals surface area contributed by atoms with Gasteiger partial charge in [-0.25, -0.2) is 28.1 Å². The van der Waals surface area contributed by atoms with Gasteiger partial charge in [0, 0.05) is 6.20 Å². The Labute approximate surface area is 113 Å². The number of hydrogen-bond acceptors (Lipinski definition) is 5. The van der Waals surface area contributed by atoms with Crippen LogP contribution >= 0.6 is 0 Å². The van der Waals surface area contributed by atoms with Gasteiger partial charge in [0.05, 0.1) is 38.5 Å². The molecule has 1 aromatic rings. The molecule has 2 fully saturated rings. The van der Waals surface area contributed by atoms with Gasteiger partial charge in [0.25, 0.3) is 0 Å². The van der Waals surface area contributed by atoms with Crippen LogP contribution in [0.15, 0.2) is 20.5 Å². The second-order valence-corrected chi connectivity index (χ2v) is 4.83. The van der Waals surface area contributed by atoms with Crippen LogP contribution in [0.1, 0.15) is 6.92 Å². The van der Waals surface area contributed by atoms with Crippen LogP contribution < -0.4 is 17.1 Å². The van der Waals surface area contributed by atoms with Crippen molar-refractivity contribution in [2.45, 2.75) is 32.2 Å². The molecular weight excluding hydrogens is 266 g/mol. The Balaban J connectivity index is 2.16. The average Bonchev–Trinajstić information content (AvgIpc) is 3.30. The molecule has 20 heavy (non-hydrogen) atoms. The number of nitrogens with zero attached hydrogens (tertiary/aromatic N) is 3. The van der Waals surface area contributed by atoms with Gasteiger partial charge in [0.2, 0.25) is 0 Å². The molecule has 3 rings (SSSR count). The zero-order valence-corrected chi connectivity index (χ0v) is 11.0. The lowest BCUT2D eigenvalue weighted by atomic mass is 10.4. The quantitative estimate of drug-likeness (QED) is 0.610. The van der Waals surface area contributed by atoms with Crippen molar-refractivity contribution in [3.05, 3.63) is 37.5 Å². The van der Waals surface area contributed by atoms with Gasteiger partial charge in [-0.15, -0.1) is 0 Å². The molecule has 2 aliphatic heterocycles. The first-order valence-corrected chi connectivity index (χ1v) is 6.44. The second-order valence-electron chi connectivity index (χ2n) is 4.83. The highest BCUT2D eigenvalue weighted by molar-refractivity contribution is 5.19. The van der Waals surface area contributed by atoms with Crippen LogP contribution in [0.5, 0.6) is 0 Å². The fourth-order valence-electron chi connectivity index (χ4n) is 1.99. The van der Waals surface area contributed by atoms with E-state index < -0.39 is 17.1 Å². The number of rotatable bonds is 5. The van der Waals surface area contributed by atoms with Gasteiger partial charge in [-0.2, -0.15) is 0 Å². The fourth-order valence-corrected chi connectivity index (χ4v) is 1.99. The number of epoxide rings is 2. The molecule has 0 saturated carbocycles. The van der Waals surface area contributed by atoms with Crippen LogP contribution in [0.3, 0.4) is 0 Å². The second kappa shape index (κ2) is 4.88. The first-order valence-electron chi connectivity index (χ1n) is 6.44. The van der Waals surface area contributed by atoms with Gasteiger partial charge in [0.1, 0.15) is 0 Å². The van der Waals surface area contributed by atoms with Gasteiger partial charge in [0.15, 0.2) is 0 Å². The van der Waals surface area contributed by atoms with Gasteiger partial charge < -0.3 is 9.47 Å². The largest absolute Gasteiger partial charge is 0.371 e. The third-order valence-corrected chi connectivity index (χ3v) is 3.21. The van der Waals surface area contributed by atoms with Gasteiger partial charge in [-0.05, 0) is 6.92 Å². The van der Waals surface area contributed by atoms with E-state index >= 15 is 0 Å². The highest BCUT2D eigenvalue weighted by Crippen LogP contribution is 2.10. The minimum absolute atomic E-state index is 0.123. The van der Waals surface area contributed by atoms with Crippen molar-refractivity contribution < 1.29 is 9.47 Å². The van der Waals surface area contributed by atoms with Crippen LogP contribution in [-0.4, -0.2) is 39.1 Å². The molecule has 8 nitrogen and oxygen atoms in total. The van der Waals surface area contributed by atoms with Crippen molar-refractivity contribution in [1.82, 2.24) is 13.7 Å². The van der Waals surface area contributed by atoms with Crippen LogP contribution in [0.2, 0.25) is 0 Å². The molecule has 0 N–H and O–H groups in total. The number of ether oxygens (including phenoxy) is 2. The van der Waals surface area contributed by atoms with E-state index in [9.17, 15) is 14.4 Å². The molecule has 2 aliphatic rings. The van der Waals surface area contributed by atoms with Crippen LogP contribution in [0, 0.1) is 0 Å². The van der Waals surface area contributed by atoms with Crippen molar-refractivity contribution in [1.29, 1.82) is 0 Å². The summed E-state index contributed by atoms with van der Waals surface area (Å²) in [7, 11) is 0. The first-order chi connectivity index (χ1) is 9.61. The van der Waals surface area contributed by atoms with Crippen molar-refractivity contribution in [3.8, 4) is 0 Å². The van der Waals surface area contributed by atoms with E-state index in [2.05, 4.69) is 0 Å². The molecular formula is C12H15N3O5. The maximum atomic E-state index is 12.3. The monoisotopic (exact) mass is 281 g/mol. The Morgan fingerprint density at radius 1 is 1.00 bits per heavy atom. The lowest BCUT2D eigenvalue weighted by molar-refractivity contribution is 0.349. The van der Waals surface area contributed by atoms with Crippen LogP contribution in [-0.2, 0) is 22.6 Å². The summed E-state index contributed by atoms with van der Waals surface area (Å²) in [5, 5.41) is 0. The molecule has 1 aromatic heterocycles. The summed E-state index contributed by atoms with van der Waals surface area (Å²) >= 11 is 0. The van der Waals surface area contributed by atoms with Crippen molar-refractivity contribution in [2.24, 2.45) is 0 Å². The maximum Gasteiger partial charge on any atom is 0.340 e. The number of hydrogen-bond donors (Lipinski definition) is 0. The summed E-state index contributed by atoms with van der Waals surface area (Å²) in [5.74, 6) is 0. The van der Waals surface area contributed by atoms with Crippen LogP contribution in [0.4, 0.5) is 0 Å². The van der Waals surface area contributed by atoms with Gasteiger partial charge in [-0.1, -0.05) is 6.08 Å². The van der Waals surface area contributed by atoms with E-state index in [4.69, 9.17) is 9.47 Å². The summed E-state index contributed by atoms with van der Waals surface area (Å²) in [6, 6.07) is 0. The summed E-state index contributed by atoms with van der Waals surface area (Å²) in [5.41, 5.74) is -1.88. The molecule has 108 valence electrons. The van der Waals surface area contributed by atoms with Crippen molar-refractivity contribution >= 4 is 6.20 Å². The molecule has 0 spiro atoms. The van der Waals surface area contributed by atoms with E-state index in [0.29, 0.717) is 13.2 Å². The van der Waals surface area contributed by atoms with Crippen molar-refractivity contribution in [2.75, 3.05) is 13.2 Å². The zero-order chi connectivity index (χ0) is 14.3. The van der Waals surface area contributed by atoms with Gasteiger partial charge in [-0.3, -0.25) is 0 Å². The Bertz CT molecular complexity index is 666. The smallest absolute Gasteiger partial charge is 0.340 e. The summed E-state index contributed by atoms with van der Waals surface area (Å²) < 4.78 is 13.1. The normalized spacial score (nSPS) is 24.2. The predicted molar refractivity (Wildman–Crippen MR) is 69.7 cm³/mol. The van der Waals surface area contributed by atoms with Crippen LogP contribution in [0.25, 0.3) is 6.20 Å². The highest BCUT2D eigenvalue weighted by atomic mass is 16.6. The lowest BCUT2D eigenvalue weighted by Crippen LogP contribution is -2.54. The Morgan fingerprint density at radius 3 is 1.80 bits per heavy atom. The highest BCUT2D eigenvalue weighted by Gasteiger charge is 2.29. The lowest BCUT2D eigenvalue weighted by Gasteiger charge is -2.10. The standard InChI is InChI=1S/C12H15N3O5/c1-2-3-13-10(16)14(4-8-6-19-8)12(18)15(11(13)17)5-9-7-20-9/h2-3,8-9H,4-7H2,1H3. The van der Waals surface area contributed by atoms with E-state index in [1.165, 1.54) is 6.20 Å². The molecule has 0 aromatic carbocycles. The minimum Gasteiger partial charge on any atom is -0.371 e. The minimum atomic E-state index is -0.637. The number of allylic oxidation sites excluding steroid dienone is 1. The van der Waals surface area contributed by atoms with E-state index in [1.807, 2.05) is 0 Å². The average molecular weight is 281 g/mol. The predicted octanol–water partition coefficient (Wildman–Crippen LogP) is -1.54. The maximum absolute atomic E-state index is 12.3. The first kappa shape index (κ1) is 13.1. The Hall–Kier alpha value is -1.93. The SMILES string of the molecule is CC=Cn1c(=O)n(CC2CO2)c(=O)n(CC2CO2)c1=O. The summed E-state index contributed by atoms with van der Waals surface area (Å²) in [6.07, 6.45) is 2.69. The molecule has 0 bridgehead atoms. The Kier molecular flexibility index (Phi) is 3.19. The molecule has 0 radical (unpaired) electrons. The van der Waals surface area contributed by atoms with Crippen molar-refractivity contribution in [3.63, 3.8) is 0 Å². The zero-order valence-electron chi connectivity index (χ0n) is 11.0. The molecule has 3 heterocycles. The molecule has 8 heteroatoms. The third-order valence-electron chi connectivity index (χ3n) is 3.21. The molecule has 2 atom stereocenters.